The highest BCUT2D eigenvalue weighted by Crippen LogP contribution is 2.19. The van der Waals surface area contributed by atoms with Crippen LogP contribution in [0.2, 0.25) is 0 Å². The molecular weight excluding hydrogens is 519 g/mol. The third-order valence-electron chi connectivity index (χ3n) is 6.53. The molecule has 31 heavy (non-hydrogen) atoms. The van der Waals surface area contributed by atoms with Gasteiger partial charge in [0.05, 0.1) is 10.7 Å². The quantitative estimate of drug-likeness (QED) is 0.271. The summed E-state index contributed by atoms with van der Waals surface area (Å²) in [7, 11) is 1.90. The van der Waals surface area contributed by atoms with Crippen molar-refractivity contribution in [2.24, 2.45) is 10.9 Å². The fourth-order valence-electron chi connectivity index (χ4n) is 4.47. The second kappa shape index (κ2) is 14.6. The number of piperidine rings is 2. The third-order valence-corrected chi connectivity index (χ3v) is 7.57. The molecule has 1 aromatic heterocycles. The van der Waals surface area contributed by atoms with Gasteiger partial charge in [-0.15, -0.1) is 35.3 Å². The van der Waals surface area contributed by atoms with E-state index in [1.165, 1.54) is 82.0 Å². The molecule has 2 saturated heterocycles. The molecule has 2 N–H and O–H groups in total. The number of likely N-dealkylation sites (tertiary alicyclic amines) is 2. The Morgan fingerprint density at radius 3 is 2.45 bits per heavy atom. The van der Waals surface area contributed by atoms with E-state index in [1.54, 1.807) is 11.3 Å². The second-order valence-corrected chi connectivity index (χ2v) is 9.82. The number of aliphatic imine (C=N–C) groups is 1. The first kappa shape index (κ1) is 26.8. The number of aryl methyl sites for hydroxylation is 1. The maximum Gasteiger partial charge on any atom is 0.191 e. The van der Waals surface area contributed by atoms with Gasteiger partial charge in [0.25, 0.3) is 0 Å². The van der Waals surface area contributed by atoms with Gasteiger partial charge in [0.15, 0.2) is 5.96 Å². The largest absolute Gasteiger partial charge is 0.356 e. The van der Waals surface area contributed by atoms with Crippen LogP contribution < -0.4 is 10.6 Å². The summed E-state index contributed by atoms with van der Waals surface area (Å²) in [5.41, 5.74) is 1.25. The van der Waals surface area contributed by atoms with Crippen LogP contribution in [0.5, 0.6) is 0 Å². The highest BCUT2D eigenvalue weighted by atomic mass is 127. The lowest BCUT2D eigenvalue weighted by atomic mass is 9.97. The SMILES string of the molecule is CCCCN1CCC(NC(=NC)NCC2CCN(Cc3csc(CC)n3)CC2)CC1.I. The zero-order valence-corrected chi connectivity index (χ0v) is 22.9. The third kappa shape index (κ3) is 9.14. The molecule has 1 aromatic rings. The Hall–Kier alpha value is -0.450. The van der Waals surface area contributed by atoms with E-state index in [1.807, 2.05) is 7.05 Å². The molecule has 0 saturated carbocycles. The molecule has 0 amide bonds. The van der Waals surface area contributed by atoms with Crippen LogP contribution in [0.4, 0.5) is 0 Å². The summed E-state index contributed by atoms with van der Waals surface area (Å²) in [5, 5.41) is 10.8. The molecule has 0 unspecified atom stereocenters. The minimum atomic E-state index is 0. The number of rotatable bonds is 9. The summed E-state index contributed by atoms with van der Waals surface area (Å²) < 4.78 is 0. The van der Waals surface area contributed by atoms with E-state index in [0.29, 0.717) is 6.04 Å². The first-order chi connectivity index (χ1) is 14.7. The summed E-state index contributed by atoms with van der Waals surface area (Å²) in [6.45, 7) is 12.5. The molecule has 178 valence electrons. The minimum Gasteiger partial charge on any atom is -0.356 e. The summed E-state index contributed by atoms with van der Waals surface area (Å²) in [4.78, 5) is 14.4. The Morgan fingerprint density at radius 1 is 1.13 bits per heavy atom. The highest BCUT2D eigenvalue weighted by Gasteiger charge is 2.22. The van der Waals surface area contributed by atoms with Crippen LogP contribution in [0, 0.1) is 5.92 Å². The van der Waals surface area contributed by atoms with Crippen molar-refractivity contribution in [1.29, 1.82) is 0 Å². The number of nitrogens with one attached hydrogen (secondary N) is 2. The lowest BCUT2D eigenvalue weighted by Crippen LogP contribution is -2.50. The Bertz CT molecular complexity index is 636. The number of guanidine groups is 1. The molecule has 0 bridgehead atoms. The van der Waals surface area contributed by atoms with Gasteiger partial charge in [0.1, 0.15) is 0 Å². The average Bonchev–Trinajstić information content (AvgIpc) is 3.24. The molecule has 0 radical (unpaired) electrons. The second-order valence-electron chi connectivity index (χ2n) is 8.87. The van der Waals surface area contributed by atoms with E-state index >= 15 is 0 Å². The van der Waals surface area contributed by atoms with Crippen molar-refractivity contribution in [2.45, 2.75) is 71.4 Å². The van der Waals surface area contributed by atoms with Crippen molar-refractivity contribution < 1.29 is 0 Å². The molecule has 2 aliphatic heterocycles. The first-order valence-corrected chi connectivity index (χ1v) is 12.9. The van der Waals surface area contributed by atoms with Crippen LogP contribution in [-0.4, -0.2) is 73.1 Å². The van der Waals surface area contributed by atoms with Crippen LogP contribution in [0.15, 0.2) is 10.4 Å². The normalized spacial score (nSPS) is 19.9. The maximum absolute atomic E-state index is 4.72. The van der Waals surface area contributed by atoms with E-state index < -0.39 is 0 Å². The van der Waals surface area contributed by atoms with Gasteiger partial charge in [-0.05, 0) is 64.1 Å². The topological polar surface area (TPSA) is 55.8 Å². The Balaban J connectivity index is 0.00000341. The number of hydrogen-bond donors (Lipinski definition) is 2. The van der Waals surface area contributed by atoms with Gasteiger partial charge in [-0.3, -0.25) is 9.89 Å². The number of thiazole rings is 1. The molecular formula is C23H43IN6S. The Kier molecular flexibility index (Phi) is 12.7. The monoisotopic (exact) mass is 562 g/mol. The molecule has 0 atom stereocenters. The Labute approximate surface area is 210 Å². The standard InChI is InChI=1S/C23H42N6S.HI/c1-4-6-11-28-14-9-20(10-15-28)27-23(24-3)25-16-19-7-12-29(13-8-19)17-21-18-30-22(5-2)26-21;/h18-20H,4-17H2,1-3H3,(H2,24,25,27);1H. The molecule has 0 aliphatic carbocycles. The number of aromatic nitrogens is 1. The van der Waals surface area contributed by atoms with Crippen LogP contribution in [0.25, 0.3) is 0 Å². The van der Waals surface area contributed by atoms with E-state index in [-0.39, 0.29) is 24.0 Å². The van der Waals surface area contributed by atoms with Gasteiger partial charge < -0.3 is 15.5 Å². The van der Waals surface area contributed by atoms with Gasteiger partial charge >= 0.3 is 0 Å². The average molecular weight is 563 g/mol. The lowest BCUT2D eigenvalue weighted by molar-refractivity contribution is 0.176. The lowest BCUT2D eigenvalue weighted by Gasteiger charge is -2.34. The Morgan fingerprint density at radius 2 is 1.84 bits per heavy atom. The fourth-order valence-corrected chi connectivity index (χ4v) is 5.21. The van der Waals surface area contributed by atoms with E-state index in [4.69, 9.17) is 4.98 Å². The zero-order valence-electron chi connectivity index (χ0n) is 19.7. The van der Waals surface area contributed by atoms with E-state index in [9.17, 15) is 0 Å². The van der Waals surface area contributed by atoms with Crippen molar-refractivity contribution >= 4 is 41.3 Å². The van der Waals surface area contributed by atoms with Gasteiger partial charge in [-0.25, -0.2) is 4.98 Å². The van der Waals surface area contributed by atoms with Crippen LogP contribution in [0.3, 0.4) is 0 Å². The van der Waals surface area contributed by atoms with Crippen molar-refractivity contribution in [3.63, 3.8) is 0 Å². The van der Waals surface area contributed by atoms with Crippen LogP contribution in [-0.2, 0) is 13.0 Å². The molecule has 2 fully saturated rings. The van der Waals surface area contributed by atoms with E-state index in [0.717, 1.165) is 31.4 Å². The molecule has 0 spiro atoms. The minimum absolute atomic E-state index is 0. The summed E-state index contributed by atoms with van der Waals surface area (Å²) in [5.74, 6) is 1.72. The fraction of sp³-hybridized carbons (Fsp3) is 0.826. The van der Waals surface area contributed by atoms with E-state index in [2.05, 4.69) is 44.7 Å². The molecule has 8 heteroatoms. The van der Waals surface area contributed by atoms with Gasteiger partial charge in [0, 0.05) is 44.6 Å². The van der Waals surface area contributed by atoms with Crippen LogP contribution >= 0.6 is 35.3 Å². The zero-order chi connectivity index (χ0) is 21.2. The molecule has 3 rings (SSSR count). The molecule has 2 aliphatic rings. The number of unbranched alkanes of at least 4 members (excludes halogenated alkanes) is 1. The van der Waals surface area contributed by atoms with Crippen LogP contribution in [0.1, 0.15) is 63.1 Å². The molecule has 0 aromatic carbocycles. The predicted molar refractivity (Wildman–Crippen MR) is 144 cm³/mol. The van der Waals surface area contributed by atoms with Crippen molar-refractivity contribution in [2.75, 3.05) is 46.3 Å². The van der Waals surface area contributed by atoms with Gasteiger partial charge in [-0.2, -0.15) is 0 Å². The maximum atomic E-state index is 4.72. The number of hydrogen-bond acceptors (Lipinski definition) is 5. The van der Waals surface area contributed by atoms with Crippen molar-refractivity contribution in [3.05, 3.63) is 16.1 Å². The smallest absolute Gasteiger partial charge is 0.191 e. The highest BCUT2D eigenvalue weighted by molar-refractivity contribution is 14.0. The number of nitrogens with zero attached hydrogens (tertiary/aromatic N) is 4. The summed E-state index contributed by atoms with van der Waals surface area (Å²) in [6, 6.07) is 0.557. The van der Waals surface area contributed by atoms with Crippen molar-refractivity contribution in [3.8, 4) is 0 Å². The molecule has 6 nitrogen and oxygen atoms in total. The number of halogens is 1. The van der Waals surface area contributed by atoms with Gasteiger partial charge in [0.2, 0.25) is 0 Å². The summed E-state index contributed by atoms with van der Waals surface area (Å²) in [6.07, 6.45) is 8.61. The molecule has 3 heterocycles. The summed E-state index contributed by atoms with van der Waals surface area (Å²) >= 11 is 1.80. The first-order valence-electron chi connectivity index (χ1n) is 12.0. The van der Waals surface area contributed by atoms with Crippen molar-refractivity contribution in [1.82, 2.24) is 25.4 Å². The predicted octanol–water partition coefficient (Wildman–Crippen LogP) is 3.97. The van der Waals surface area contributed by atoms with Gasteiger partial charge in [-0.1, -0.05) is 20.3 Å².